The number of methoxy groups -OCH3 is 1. The van der Waals surface area contributed by atoms with Crippen LogP contribution in [0.5, 0.6) is 5.75 Å². The predicted molar refractivity (Wildman–Crippen MR) is 126 cm³/mol. The Hall–Kier alpha value is -3.79. The van der Waals surface area contributed by atoms with Crippen molar-refractivity contribution in [3.63, 3.8) is 0 Å². The largest absolute Gasteiger partial charge is 0.496 e. The maximum absolute atomic E-state index is 12.6. The average Bonchev–Trinajstić information content (AvgIpc) is 3.22. The van der Waals surface area contributed by atoms with Gasteiger partial charge in [-0.05, 0) is 48.2 Å². The van der Waals surface area contributed by atoms with E-state index in [1.165, 1.54) is 5.56 Å². The number of furan rings is 1. The lowest BCUT2D eigenvalue weighted by atomic mass is 9.99. The van der Waals surface area contributed by atoms with E-state index in [0.717, 1.165) is 45.3 Å². The third kappa shape index (κ3) is 4.38. The summed E-state index contributed by atoms with van der Waals surface area (Å²) in [4.78, 5) is 12.6. The van der Waals surface area contributed by atoms with Gasteiger partial charge in [0.15, 0.2) is 0 Å². The first-order valence-corrected chi connectivity index (χ1v) is 10.3. The van der Waals surface area contributed by atoms with Crippen molar-refractivity contribution >= 4 is 28.1 Å². The van der Waals surface area contributed by atoms with E-state index in [1.54, 1.807) is 19.4 Å². The smallest absolute Gasteiger partial charge is 0.248 e. The molecule has 4 nitrogen and oxygen atoms in total. The topological polar surface area (TPSA) is 51.5 Å². The van der Waals surface area contributed by atoms with E-state index in [-0.39, 0.29) is 5.91 Å². The van der Waals surface area contributed by atoms with Crippen LogP contribution < -0.4 is 10.1 Å². The molecule has 0 saturated heterocycles. The van der Waals surface area contributed by atoms with Gasteiger partial charge >= 0.3 is 0 Å². The summed E-state index contributed by atoms with van der Waals surface area (Å²) in [7, 11) is 1.62. The molecule has 0 unspecified atom stereocenters. The number of hydrogen-bond acceptors (Lipinski definition) is 3. The van der Waals surface area contributed by atoms with Crippen LogP contribution in [0, 0.1) is 0 Å². The second-order valence-electron chi connectivity index (χ2n) is 7.43. The molecular formula is C27H25NO3. The Morgan fingerprint density at radius 3 is 2.48 bits per heavy atom. The second kappa shape index (κ2) is 8.92. The Morgan fingerprint density at radius 2 is 1.81 bits per heavy atom. The summed E-state index contributed by atoms with van der Waals surface area (Å²) in [5.41, 5.74) is 6.49. The fourth-order valence-electron chi connectivity index (χ4n) is 3.65. The molecule has 4 aromatic rings. The quantitative estimate of drug-likeness (QED) is 0.359. The number of fused-ring (bicyclic) bond motifs is 1. The number of carbonyl (C=O) groups is 1. The number of nitrogens with one attached hydrogen (secondary N) is 1. The standard InChI is InChI=1S/C27H25NO3/c1-4-19-10-12-21(13-11-19)28-27(29)14-18(2)22-15-23-24(20-8-6-5-7-9-20)17-31-26(23)16-25(22)30-3/h5-17H,4H2,1-3H3,(H,28,29)/b18-14+. The lowest BCUT2D eigenvalue weighted by Crippen LogP contribution is -2.08. The number of rotatable bonds is 6. The normalized spacial score (nSPS) is 11.5. The molecule has 156 valence electrons. The van der Waals surface area contributed by atoms with Gasteiger partial charge in [0.25, 0.3) is 0 Å². The lowest BCUT2D eigenvalue weighted by molar-refractivity contribution is -0.111. The van der Waals surface area contributed by atoms with Crippen molar-refractivity contribution in [3.05, 3.63) is 90.2 Å². The van der Waals surface area contributed by atoms with Gasteiger partial charge in [0.1, 0.15) is 11.3 Å². The third-order valence-electron chi connectivity index (χ3n) is 5.38. The molecule has 0 fully saturated rings. The zero-order valence-corrected chi connectivity index (χ0v) is 17.9. The second-order valence-corrected chi connectivity index (χ2v) is 7.43. The van der Waals surface area contributed by atoms with Gasteiger partial charge in [0.2, 0.25) is 5.91 Å². The highest BCUT2D eigenvalue weighted by Gasteiger charge is 2.15. The molecule has 0 aliphatic carbocycles. The molecule has 0 aliphatic heterocycles. The van der Waals surface area contributed by atoms with Crippen molar-refractivity contribution in [2.24, 2.45) is 0 Å². The van der Waals surface area contributed by atoms with E-state index in [2.05, 4.69) is 12.2 Å². The van der Waals surface area contributed by atoms with Crippen LogP contribution in [0.1, 0.15) is 25.0 Å². The zero-order chi connectivity index (χ0) is 21.8. The van der Waals surface area contributed by atoms with E-state index in [4.69, 9.17) is 9.15 Å². The molecule has 1 N–H and O–H groups in total. The van der Waals surface area contributed by atoms with Crippen molar-refractivity contribution in [2.75, 3.05) is 12.4 Å². The van der Waals surface area contributed by atoms with Gasteiger partial charge in [-0.25, -0.2) is 0 Å². The number of hydrogen-bond donors (Lipinski definition) is 1. The minimum absolute atomic E-state index is 0.181. The Bertz CT molecular complexity index is 1230. The highest BCUT2D eigenvalue weighted by atomic mass is 16.5. The number of carbonyl (C=O) groups excluding carboxylic acids is 1. The molecule has 0 spiro atoms. The average molecular weight is 412 g/mol. The van der Waals surface area contributed by atoms with Crippen molar-refractivity contribution in [1.29, 1.82) is 0 Å². The molecule has 0 aliphatic rings. The molecular weight excluding hydrogens is 386 g/mol. The number of benzene rings is 3. The Balaban J connectivity index is 1.67. The number of allylic oxidation sites excluding steroid dienone is 1. The molecule has 31 heavy (non-hydrogen) atoms. The summed E-state index contributed by atoms with van der Waals surface area (Å²) in [5.74, 6) is 0.481. The Kier molecular flexibility index (Phi) is 5.89. The van der Waals surface area contributed by atoms with Crippen LogP contribution in [0.3, 0.4) is 0 Å². The molecule has 4 rings (SSSR count). The number of aryl methyl sites for hydroxylation is 1. The van der Waals surface area contributed by atoms with Crippen LogP contribution in [0.25, 0.3) is 27.7 Å². The van der Waals surface area contributed by atoms with Gasteiger partial charge in [0, 0.05) is 34.3 Å². The maximum atomic E-state index is 12.6. The van der Waals surface area contributed by atoms with E-state index >= 15 is 0 Å². The third-order valence-corrected chi connectivity index (χ3v) is 5.38. The summed E-state index contributed by atoms with van der Waals surface area (Å²) in [5, 5.41) is 3.90. The first-order valence-electron chi connectivity index (χ1n) is 10.3. The SMILES string of the molecule is CCc1ccc(NC(=O)/C=C(\C)c2cc3c(-c4ccccc4)coc3cc2OC)cc1. The zero-order valence-electron chi connectivity index (χ0n) is 17.9. The molecule has 0 radical (unpaired) electrons. The van der Waals surface area contributed by atoms with Gasteiger partial charge in [-0.1, -0.05) is 49.4 Å². The van der Waals surface area contributed by atoms with Crippen LogP contribution in [0.4, 0.5) is 5.69 Å². The minimum atomic E-state index is -0.181. The fraction of sp³-hybridized carbons (Fsp3) is 0.148. The summed E-state index contributed by atoms with van der Waals surface area (Å²) >= 11 is 0. The minimum Gasteiger partial charge on any atom is -0.496 e. The van der Waals surface area contributed by atoms with Crippen molar-refractivity contribution in [1.82, 2.24) is 0 Å². The Labute approximate surface area is 182 Å². The van der Waals surface area contributed by atoms with Gasteiger partial charge in [-0.3, -0.25) is 4.79 Å². The predicted octanol–water partition coefficient (Wildman–Crippen LogP) is 6.71. The van der Waals surface area contributed by atoms with Crippen LogP contribution in [-0.4, -0.2) is 13.0 Å². The Morgan fingerprint density at radius 1 is 1.06 bits per heavy atom. The molecule has 1 heterocycles. The summed E-state index contributed by atoms with van der Waals surface area (Å²) in [6.45, 7) is 4.01. The summed E-state index contributed by atoms with van der Waals surface area (Å²) < 4.78 is 11.4. The molecule has 3 aromatic carbocycles. The number of anilines is 1. The van der Waals surface area contributed by atoms with Gasteiger partial charge in [0.05, 0.1) is 13.4 Å². The first-order chi connectivity index (χ1) is 15.1. The summed E-state index contributed by atoms with van der Waals surface area (Å²) in [6.07, 6.45) is 4.32. The number of ether oxygens (including phenoxy) is 1. The highest BCUT2D eigenvalue weighted by molar-refractivity contribution is 6.05. The van der Waals surface area contributed by atoms with Crippen LogP contribution >= 0.6 is 0 Å². The molecule has 1 aromatic heterocycles. The van der Waals surface area contributed by atoms with E-state index in [1.807, 2.05) is 73.7 Å². The lowest BCUT2D eigenvalue weighted by Gasteiger charge is -2.10. The fourth-order valence-corrected chi connectivity index (χ4v) is 3.65. The molecule has 0 saturated carbocycles. The van der Waals surface area contributed by atoms with E-state index in [9.17, 15) is 4.79 Å². The van der Waals surface area contributed by atoms with Crippen molar-refractivity contribution in [3.8, 4) is 16.9 Å². The van der Waals surface area contributed by atoms with Crippen molar-refractivity contribution in [2.45, 2.75) is 20.3 Å². The molecule has 0 atom stereocenters. The summed E-state index contributed by atoms with van der Waals surface area (Å²) in [6, 6.07) is 21.9. The van der Waals surface area contributed by atoms with Crippen LogP contribution in [0.2, 0.25) is 0 Å². The van der Waals surface area contributed by atoms with Gasteiger partial charge in [-0.15, -0.1) is 0 Å². The maximum Gasteiger partial charge on any atom is 0.248 e. The molecule has 4 heteroatoms. The molecule has 0 bridgehead atoms. The van der Waals surface area contributed by atoms with E-state index < -0.39 is 0 Å². The monoisotopic (exact) mass is 411 g/mol. The number of amides is 1. The van der Waals surface area contributed by atoms with Gasteiger partial charge in [-0.2, -0.15) is 0 Å². The van der Waals surface area contributed by atoms with Crippen LogP contribution in [0.15, 0.2) is 83.5 Å². The highest BCUT2D eigenvalue weighted by Crippen LogP contribution is 2.37. The van der Waals surface area contributed by atoms with Crippen molar-refractivity contribution < 1.29 is 13.9 Å². The first kappa shape index (κ1) is 20.5. The van der Waals surface area contributed by atoms with Gasteiger partial charge < -0.3 is 14.5 Å². The van der Waals surface area contributed by atoms with E-state index in [0.29, 0.717) is 5.75 Å². The van der Waals surface area contributed by atoms with Crippen LogP contribution in [-0.2, 0) is 11.2 Å². The molecule has 1 amide bonds.